The molecule has 0 saturated heterocycles. The Balaban J connectivity index is 1.84. The second-order valence-corrected chi connectivity index (χ2v) is 12.5. The molecule has 0 bridgehead atoms. The lowest BCUT2D eigenvalue weighted by Gasteiger charge is -2.34. The highest BCUT2D eigenvalue weighted by molar-refractivity contribution is 7.91. The largest absolute Gasteiger partial charge is 0.496 e. The number of rotatable bonds is 9. The van der Waals surface area contributed by atoms with E-state index < -0.39 is 38.6 Å². The van der Waals surface area contributed by atoms with Crippen LogP contribution in [0.3, 0.4) is 0 Å². The number of nitriles is 1. The summed E-state index contributed by atoms with van der Waals surface area (Å²) in [6.45, 7) is 3.12. The van der Waals surface area contributed by atoms with Gasteiger partial charge in [-0.05, 0) is 51.7 Å². The van der Waals surface area contributed by atoms with Crippen LogP contribution in [0.4, 0.5) is 18.9 Å². The molecule has 1 fully saturated rings. The molecule has 1 heterocycles. The highest BCUT2D eigenvalue weighted by atomic mass is 35.5. The molecule has 0 unspecified atom stereocenters. The molecule has 1 aromatic heterocycles. The zero-order valence-corrected chi connectivity index (χ0v) is 23.6. The van der Waals surface area contributed by atoms with Crippen LogP contribution in [0.15, 0.2) is 18.2 Å². The monoisotopic (exact) mass is 589 g/mol. The van der Waals surface area contributed by atoms with Crippen LogP contribution in [-0.2, 0) is 16.4 Å². The number of carbonyl (C=O) groups excluding carboxylic acids is 1. The highest BCUT2D eigenvalue weighted by Gasteiger charge is 2.39. The minimum atomic E-state index is -4.44. The molecule has 1 aromatic carbocycles. The number of nitrogens with one attached hydrogen (secondary N) is 2. The van der Waals surface area contributed by atoms with Gasteiger partial charge in [0.15, 0.2) is 5.69 Å². The number of benzene rings is 1. The number of carbonyl (C=O) groups is 1. The molecule has 2 N–H and O–H groups in total. The topological polar surface area (TPSA) is 126 Å². The van der Waals surface area contributed by atoms with E-state index in [4.69, 9.17) is 16.3 Å². The summed E-state index contributed by atoms with van der Waals surface area (Å²) in [5.74, 6) is -0.381. The number of amides is 1. The molecule has 0 aliphatic heterocycles. The molecule has 1 atom stereocenters. The molecule has 214 valence electrons. The van der Waals surface area contributed by atoms with Crippen molar-refractivity contribution in [1.82, 2.24) is 15.1 Å². The van der Waals surface area contributed by atoms with Crippen molar-refractivity contribution in [2.45, 2.75) is 63.5 Å². The number of methoxy groups -OCH3 is 1. The van der Waals surface area contributed by atoms with Gasteiger partial charge in [-0.15, -0.1) is 0 Å². The average molecular weight is 590 g/mol. The molecule has 0 spiro atoms. The van der Waals surface area contributed by atoms with Gasteiger partial charge < -0.3 is 15.4 Å². The van der Waals surface area contributed by atoms with Crippen molar-refractivity contribution in [1.29, 1.82) is 5.26 Å². The van der Waals surface area contributed by atoms with Gasteiger partial charge in [-0.25, -0.2) is 8.42 Å². The number of aromatic nitrogens is 2. The van der Waals surface area contributed by atoms with Crippen molar-refractivity contribution in [2.75, 3.05) is 25.2 Å². The molecule has 1 aliphatic rings. The van der Waals surface area contributed by atoms with Gasteiger partial charge in [0.05, 0.1) is 34.6 Å². The van der Waals surface area contributed by atoms with Crippen LogP contribution in [0.5, 0.6) is 5.75 Å². The quantitative estimate of drug-likeness (QED) is 0.429. The lowest BCUT2D eigenvalue weighted by Crippen LogP contribution is -2.41. The summed E-state index contributed by atoms with van der Waals surface area (Å²) >= 11 is 6.61. The molecule has 3 rings (SSSR count). The van der Waals surface area contributed by atoms with E-state index in [1.54, 1.807) is 6.92 Å². The van der Waals surface area contributed by atoms with Crippen molar-refractivity contribution in [3.8, 4) is 23.1 Å². The molecule has 1 saturated carbocycles. The Labute approximate surface area is 230 Å². The fourth-order valence-corrected chi connectivity index (χ4v) is 6.03. The number of hydrogen-bond acceptors (Lipinski definition) is 7. The third-order valence-electron chi connectivity index (χ3n) is 7.06. The fourth-order valence-electron chi connectivity index (χ4n) is 4.61. The summed E-state index contributed by atoms with van der Waals surface area (Å²) in [5.41, 5.74) is -0.0289. The fraction of sp³-hybridized carbons (Fsp3) is 0.560. The number of alkyl halides is 3. The third-order valence-corrected chi connectivity index (χ3v) is 9.10. The molecule has 1 amide bonds. The number of aryl methyl sites for hydroxylation is 1. The summed E-state index contributed by atoms with van der Waals surface area (Å²) in [4.78, 5) is 13.1. The van der Waals surface area contributed by atoms with Crippen molar-refractivity contribution in [3.63, 3.8) is 0 Å². The average Bonchev–Trinajstić information content (AvgIpc) is 3.22. The maximum atomic E-state index is 13.1. The Morgan fingerprint density at radius 1 is 1.36 bits per heavy atom. The van der Waals surface area contributed by atoms with Crippen LogP contribution in [0, 0.1) is 16.7 Å². The van der Waals surface area contributed by atoms with Gasteiger partial charge in [-0.3, -0.25) is 9.48 Å². The first-order valence-corrected chi connectivity index (χ1v) is 14.6. The zero-order chi connectivity index (χ0) is 29.2. The molecule has 14 heteroatoms. The number of sulfone groups is 1. The summed E-state index contributed by atoms with van der Waals surface area (Å²) in [6.07, 6.45) is -1.92. The summed E-state index contributed by atoms with van der Waals surface area (Å²) in [6, 6.07) is 4.85. The number of ether oxygens (including phenoxy) is 1. The lowest BCUT2D eigenvalue weighted by molar-refractivity contribution is -0.138. The first kappa shape index (κ1) is 30.6. The standard InChI is InChI=1S/C25H31ClF3N5O4S/c1-5-34-22(18-7-6-16(12-19(18)38-3)32-15(2)25(27,28)29)20(26)21(33-34)23(35)31-14-24(13-30)10-8-17(9-11-24)39(4,36)37/h6-7,12,15,17,32H,5,8-11,14H2,1-4H3,(H,31,35)/t15-,17?,24?/m1/s1. The highest BCUT2D eigenvalue weighted by Crippen LogP contribution is 2.40. The molecule has 2 aromatic rings. The Kier molecular flexibility index (Phi) is 9.12. The van der Waals surface area contributed by atoms with Gasteiger partial charge in [0.1, 0.15) is 21.6 Å². The van der Waals surface area contributed by atoms with Crippen LogP contribution >= 0.6 is 11.6 Å². The maximum absolute atomic E-state index is 13.1. The smallest absolute Gasteiger partial charge is 0.408 e. The molecule has 9 nitrogen and oxygen atoms in total. The Hall–Kier alpha value is -2.98. The zero-order valence-electron chi connectivity index (χ0n) is 22.0. The van der Waals surface area contributed by atoms with E-state index in [9.17, 15) is 31.6 Å². The molecular weight excluding hydrogens is 559 g/mol. The minimum absolute atomic E-state index is 0.00450. The van der Waals surface area contributed by atoms with Crippen molar-refractivity contribution >= 4 is 33.0 Å². The van der Waals surface area contributed by atoms with E-state index in [1.807, 2.05) is 0 Å². The normalized spacial score (nSPS) is 20.6. The van der Waals surface area contributed by atoms with Crippen LogP contribution in [-0.4, -0.2) is 61.5 Å². The van der Waals surface area contributed by atoms with Crippen LogP contribution in [0.1, 0.15) is 50.0 Å². The number of nitrogens with zero attached hydrogens (tertiary/aromatic N) is 3. The van der Waals surface area contributed by atoms with Crippen LogP contribution < -0.4 is 15.4 Å². The Bertz CT molecular complexity index is 1360. The van der Waals surface area contributed by atoms with Crippen molar-refractivity contribution < 1.29 is 31.1 Å². The molecular formula is C25H31ClF3N5O4S. The van der Waals surface area contributed by atoms with E-state index >= 15 is 0 Å². The predicted molar refractivity (Wildman–Crippen MR) is 142 cm³/mol. The van der Waals surface area contributed by atoms with Gasteiger partial charge >= 0.3 is 6.18 Å². The number of halogens is 4. The number of anilines is 1. The second kappa shape index (κ2) is 11.6. The van der Waals surface area contributed by atoms with E-state index in [1.165, 1.54) is 36.2 Å². The van der Waals surface area contributed by atoms with Crippen LogP contribution in [0.25, 0.3) is 11.3 Å². The summed E-state index contributed by atoms with van der Waals surface area (Å²) in [7, 11) is -1.84. The molecule has 39 heavy (non-hydrogen) atoms. The van der Waals surface area contributed by atoms with E-state index in [-0.39, 0.29) is 28.7 Å². The van der Waals surface area contributed by atoms with E-state index in [0.29, 0.717) is 43.5 Å². The van der Waals surface area contributed by atoms with Gasteiger partial charge in [-0.1, -0.05) is 11.6 Å². The van der Waals surface area contributed by atoms with Crippen molar-refractivity contribution in [3.05, 3.63) is 28.9 Å². The van der Waals surface area contributed by atoms with Gasteiger partial charge in [0.25, 0.3) is 5.91 Å². The second-order valence-electron chi connectivity index (χ2n) is 9.75. The lowest BCUT2D eigenvalue weighted by atomic mass is 9.75. The summed E-state index contributed by atoms with van der Waals surface area (Å²) < 4.78 is 69.6. The van der Waals surface area contributed by atoms with Gasteiger partial charge in [0.2, 0.25) is 0 Å². The van der Waals surface area contributed by atoms with Crippen molar-refractivity contribution in [2.24, 2.45) is 5.41 Å². The SMILES string of the molecule is CCn1nc(C(=O)NCC2(C#N)CCC(S(C)(=O)=O)CC2)c(Cl)c1-c1ccc(N[C@H](C)C(F)(F)F)cc1OC. The first-order chi connectivity index (χ1) is 18.2. The third kappa shape index (κ3) is 6.78. The minimum Gasteiger partial charge on any atom is -0.496 e. The Morgan fingerprint density at radius 3 is 2.51 bits per heavy atom. The number of hydrogen-bond donors (Lipinski definition) is 2. The van der Waals surface area contributed by atoms with Crippen LogP contribution in [0.2, 0.25) is 5.02 Å². The molecule has 0 radical (unpaired) electrons. The van der Waals surface area contributed by atoms with Gasteiger partial charge in [0, 0.05) is 36.7 Å². The predicted octanol–water partition coefficient (Wildman–Crippen LogP) is 4.82. The summed E-state index contributed by atoms with van der Waals surface area (Å²) in [5, 5.41) is 18.8. The van der Waals surface area contributed by atoms with E-state index in [2.05, 4.69) is 21.8 Å². The molecule has 1 aliphatic carbocycles. The van der Waals surface area contributed by atoms with Gasteiger partial charge in [-0.2, -0.15) is 23.5 Å². The van der Waals surface area contributed by atoms with E-state index in [0.717, 1.165) is 6.92 Å². The first-order valence-electron chi connectivity index (χ1n) is 12.3. The maximum Gasteiger partial charge on any atom is 0.408 e. The Morgan fingerprint density at radius 2 is 2.00 bits per heavy atom.